The highest BCUT2D eigenvalue weighted by molar-refractivity contribution is 5.86. The predicted octanol–water partition coefficient (Wildman–Crippen LogP) is 6.28. The van der Waals surface area contributed by atoms with Crippen LogP contribution in [0.15, 0.2) is 103 Å². The van der Waals surface area contributed by atoms with Gasteiger partial charge in [-0.3, -0.25) is 5.32 Å². The third-order valence-corrected chi connectivity index (χ3v) is 4.97. The third-order valence-electron chi connectivity index (χ3n) is 4.97. The van der Waals surface area contributed by atoms with Crippen LogP contribution in [0.5, 0.6) is 0 Å². The predicted molar refractivity (Wildman–Crippen MR) is 110 cm³/mol. The maximum absolute atomic E-state index is 3.86. The molecule has 0 aromatic heterocycles. The zero-order valence-electron chi connectivity index (χ0n) is 15.0. The normalized spacial score (nSPS) is 12.4. The standard InChI is InChI=1S/C25H23N/c1-19(23-18-10-16-20-11-8-9-17-24(20)23)26-25(21-12-4-2-5-13-21)22-14-6-3-7-15-22/h2-19,25-26H,1H3. The highest BCUT2D eigenvalue weighted by Gasteiger charge is 2.18. The Hall–Kier alpha value is -2.90. The lowest BCUT2D eigenvalue weighted by Gasteiger charge is -2.25. The molecule has 1 atom stereocenters. The van der Waals surface area contributed by atoms with E-state index in [1.807, 2.05) is 0 Å². The minimum Gasteiger partial charge on any atom is -0.300 e. The van der Waals surface area contributed by atoms with E-state index in [0.29, 0.717) is 0 Å². The van der Waals surface area contributed by atoms with E-state index in [9.17, 15) is 0 Å². The first-order valence-corrected chi connectivity index (χ1v) is 9.16. The van der Waals surface area contributed by atoms with E-state index >= 15 is 0 Å². The fourth-order valence-electron chi connectivity index (χ4n) is 3.64. The molecule has 0 heterocycles. The van der Waals surface area contributed by atoms with Crippen molar-refractivity contribution in [3.8, 4) is 0 Å². The molecule has 0 amide bonds. The quantitative estimate of drug-likeness (QED) is 0.452. The molecule has 1 heteroatoms. The summed E-state index contributed by atoms with van der Waals surface area (Å²) in [5.41, 5.74) is 3.90. The van der Waals surface area contributed by atoms with Crippen molar-refractivity contribution in [1.82, 2.24) is 5.32 Å². The number of fused-ring (bicyclic) bond motifs is 1. The molecule has 0 saturated carbocycles. The Morgan fingerprint density at radius 1 is 0.577 bits per heavy atom. The second-order valence-corrected chi connectivity index (χ2v) is 6.71. The highest BCUT2D eigenvalue weighted by atomic mass is 14.9. The van der Waals surface area contributed by atoms with Crippen LogP contribution >= 0.6 is 0 Å². The number of benzene rings is 4. The van der Waals surface area contributed by atoms with Crippen molar-refractivity contribution in [3.63, 3.8) is 0 Å². The molecule has 128 valence electrons. The van der Waals surface area contributed by atoms with Gasteiger partial charge >= 0.3 is 0 Å². The lowest BCUT2D eigenvalue weighted by Crippen LogP contribution is -2.25. The van der Waals surface area contributed by atoms with Gasteiger partial charge < -0.3 is 0 Å². The lowest BCUT2D eigenvalue weighted by molar-refractivity contribution is 0.519. The molecule has 4 aromatic rings. The van der Waals surface area contributed by atoms with E-state index < -0.39 is 0 Å². The van der Waals surface area contributed by atoms with Gasteiger partial charge in [-0.25, -0.2) is 0 Å². The van der Waals surface area contributed by atoms with E-state index in [1.165, 1.54) is 27.5 Å². The van der Waals surface area contributed by atoms with Crippen LogP contribution in [-0.2, 0) is 0 Å². The molecule has 4 aromatic carbocycles. The lowest BCUT2D eigenvalue weighted by atomic mass is 9.95. The summed E-state index contributed by atoms with van der Waals surface area (Å²) in [6.07, 6.45) is 0. The molecule has 0 fully saturated rings. The summed E-state index contributed by atoms with van der Waals surface area (Å²) in [5.74, 6) is 0. The molecular formula is C25H23N. The van der Waals surface area contributed by atoms with E-state index in [-0.39, 0.29) is 12.1 Å². The first kappa shape index (κ1) is 16.6. The smallest absolute Gasteiger partial charge is 0.0581 e. The summed E-state index contributed by atoms with van der Waals surface area (Å²) < 4.78 is 0. The Kier molecular flexibility index (Phi) is 4.81. The fourth-order valence-corrected chi connectivity index (χ4v) is 3.64. The average molecular weight is 337 g/mol. The average Bonchev–Trinajstić information content (AvgIpc) is 2.72. The second kappa shape index (κ2) is 7.55. The maximum Gasteiger partial charge on any atom is 0.0581 e. The van der Waals surface area contributed by atoms with Gasteiger partial charge in [-0.2, -0.15) is 0 Å². The summed E-state index contributed by atoms with van der Waals surface area (Å²) in [7, 11) is 0. The fraction of sp³-hybridized carbons (Fsp3) is 0.120. The van der Waals surface area contributed by atoms with Gasteiger partial charge in [0.1, 0.15) is 0 Å². The Morgan fingerprint density at radius 3 is 1.77 bits per heavy atom. The monoisotopic (exact) mass is 337 g/mol. The van der Waals surface area contributed by atoms with Crippen molar-refractivity contribution < 1.29 is 0 Å². The van der Waals surface area contributed by atoms with Gasteiger partial charge in [-0.15, -0.1) is 0 Å². The number of hydrogen-bond acceptors (Lipinski definition) is 1. The molecular weight excluding hydrogens is 314 g/mol. The van der Waals surface area contributed by atoms with Gasteiger partial charge in [-0.1, -0.05) is 103 Å². The van der Waals surface area contributed by atoms with E-state index in [4.69, 9.17) is 0 Å². The van der Waals surface area contributed by atoms with Crippen LogP contribution in [0.4, 0.5) is 0 Å². The summed E-state index contributed by atoms with van der Waals surface area (Å²) in [5, 5.41) is 6.46. The van der Waals surface area contributed by atoms with Crippen molar-refractivity contribution in [2.24, 2.45) is 0 Å². The van der Waals surface area contributed by atoms with Crippen LogP contribution in [-0.4, -0.2) is 0 Å². The van der Waals surface area contributed by atoms with Gasteiger partial charge in [0.2, 0.25) is 0 Å². The Labute approximate surface area is 155 Å². The molecule has 0 saturated heterocycles. The van der Waals surface area contributed by atoms with Crippen molar-refractivity contribution in [2.45, 2.75) is 19.0 Å². The first-order chi connectivity index (χ1) is 12.8. The molecule has 1 unspecified atom stereocenters. The molecule has 4 rings (SSSR count). The Morgan fingerprint density at radius 2 is 1.12 bits per heavy atom. The molecule has 0 aliphatic heterocycles. The molecule has 1 nitrogen and oxygen atoms in total. The van der Waals surface area contributed by atoms with Crippen LogP contribution < -0.4 is 5.32 Å². The van der Waals surface area contributed by atoms with Crippen molar-refractivity contribution in [1.29, 1.82) is 0 Å². The molecule has 0 radical (unpaired) electrons. The van der Waals surface area contributed by atoms with Crippen molar-refractivity contribution in [3.05, 3.63) is 120 Å². The number of nitrogens with one attached hydrogen (secondary N) is 1. The highest BCUT2D eigenvalue weighted by Crippen LogP contribution is 2.29. The molecule has 1 N–H and O–H groups in total. The second-order valence-electron chi connectivity index (χ2n) is 6.71. The summed E-state index contributed by atoms with van der Waals surface area (Å²) in [4.78, 5) is 0. The van der Waals surface area contributed by atoms with E-state index in [0.717, 1.165) is 0 Å². The first-order valence-electron chi connectivity index (χ1n) is 9.16. The molecule has 26 heavy (non-hydrogen) atoms. The van der Waals surface area contributed by atoms with Gasteiger partial charge in [0.15, 0.2) is 0 Å². The largest absolute Gasteiger partial charge is 0.300 e. The minimum atomic E-state index is 0.159. The summed E-state index contributed by atoms with van der Waals surface area (Å²) in [6, 6.07) is 36.9. The van der Waals surface area contributed by atoms with E-state index in [1.54, 1.807) is 0 Å². The zero-order valence-corrected chi connectivity index (χ0v) is 15.0. The zero-order chi connectivity index (χ0) is 17.8. The SMILES string of the molecule is CC(NC(c1ccccc1)c1ccccc1)c1cccc2ccccc12. The molecule has 0 bridgehead atoms. The van der Waals surface area contributed by atoms with Gasteiger partial charge in [0, 0.05) is 6.04 Å². The van der Waals surface area contributed by atoms with Crippen LogP contribution in [0.1, 0.15) is 35.7 Å². The van der Waals surface area contributed by atoms with Crippen LogP contribution in [0.3, 0.4) is 0 Å². The molecule has 0 aliphatic rings. The van der Waals surface area contributed by atoms with Crippen LogP contribution in [0.2, 0.25) is 0 Å². The maximum atomic E-state index is 3.86. The number of hydrogen-bond donors (Lipinski definition) is 1. The number of rotatable bonds is 5. The molecule has 0 aliphatic carbocycles. The molecule has 0 spiro atoms. The van der Waals surface area contributed by atoms with Crippen LogP contribution in [0.25, 0.3) is 10.8 Å². The van der Waals surface area contributed by atoms with Gasteiger partial charge in [0.25, 0.3) is 0 Å². The van der Waals surface area contributed by atoms with Gasteiger partial charge in [-0.05, 0) is 34.4 Å². The topological polar surface area (TPSA) is 12.0 Å². The Balaban J connectivity index is 1.71. The van der Waals surface area contributed by atoms with Gasteiger partial charge in [0.05, 0.1) is 6.04 Å². The van der Waals surface area contributed by atoms with E-state index in [2.05, 4.69) is 115 Å². The third kappa shape index (κ3) is 3.40. The van der Waals surface area contributed by atoms with Crippen molar-refractivity contribution in [2.75, 3.05) is 0 Å². The van der Waals surface area contributed by atoms with Crippen LogP contribution in [0, 0.1) is 0 Å². The summed E-state index contributed by atoms with van der Waals surface area (Å²) in [6.45, 7) is 2.25. The Bertz CT molecular complexity index is 932. The van der Waals surface area contributed by atoms with Crippen molar-refractivity contribution >= 4 is 10.8 Å². The minimum absolute atomic E-state index is 0.159. The summed E-state index contributed by atoms with van der Waals surface area (Å²) >= 11 is 0.